The lowest BCUT2D eigenvalue weighted by Crippen LogP contribution is -2.46. The Morgan fingerprint density at radius 3 is 2.60 bits per heavy atom. The number of hydroxylamine groups is 1. The first kappa shape index (κ1) is 33.6. The van der Waals surface area contributed by atoms with Gasteiger partial charge >= 0.3 is 0 Å². The van der Waals surface area contributed by atoms with Gasteiger partial charge in [0.2, 0.25) is 11.9 Å². The molecule has 0 spiro atoms. The van der Waals surface area contributed by atoms with E-state index in [9.17, 15) is 9.18 Å². The molecule has 2 N–H and O–H groups in total. The van der Waals surface area contributed by atoms with Crippen LogP contribution in [0, 0.1) is 18.6 Å². The molecule has 0 saturated carbocycles. The van der Waals surface area contributed by atoms with Crippen molar-refractivity contribution >= 4 is 34.4 Å². The minimum atomic E-state index is -0.658. The predicted octanol–water partition coefficient (Wildman–Crippen LogP) is 5.67. The summed E-state index contributed by atoms with van der Waals surface area (Å²) < 4.78 is 37.4. The molecule has 1 amide bonds. The first-order chi connectivity index (χ1) is 23.2. The minimum absolute atomic E-state index is 0.0148. The number of rotatable bonds is 12. The van der Waals surface area contributed by atoms with E-state index in [-0.39, 0.29) is 35.4 Å². The zero-order chi connectivity index (χ0) is 33.6. The number of amides is 1. The number of fused-ring (bicyclic) bond motifs is 1. The fourth-order valence-electron chi connectivity index (χ4n) is 6.29. The molecule has 0 bridgehead atoms. The van der Waals surface area contributed by atoms with Gasteiger partial charge in [0.1, 0.15) is 22.9 Å². The Hall–Kier alpha value is -4.27. The average molecular weight is 664 g/mol. The Morgan fingerprint density at radius 2 is 1.88 bits per heavy atom. The molecule has 2 fully saturated rings. The third-order valence-electron chi connectivity index (χ3n) is 8.75. The van der Waals surface area contributed by atoms with Crippen LogP contribution < -0.4 is 15.7 Å². The number of aromatic nitrogens is 5. The van der Waals surface area contributed by atoms with Gasteiger partial charge in [-0.2, -0.15) is 0 Å². The van der Waals surface area contributed by atoms with Gasteiger partial charge in [0.05, 0.1) is 23.6 Å². The molecule has 2 saturated heterocycles. The van der Waals surface area contributed by atoms with E-state index in [1.165, 1.54) is 6.07 Å². The van der Waals surface area contributed by atoms with Gasteiger partial charge in [0.15, 0.2) is 17.9 Å². The fraction of sp³-hybridized carbons (Fsp3) is 0.500. The molecule has 12 nitrogen and oxygen atoms in total. The summed E-state index contributed by atoms with van der Waals surface area (Å²) in [4.78, 5) is 39.5. The molecule has 3 aromatic heterocycles. The molecule has 0 radical (unpaired) electrons. The fourth-order valence-corrected chi connectivity index (χ4v) is 6.29. The summed E-state index contributed by atoms with van der Waals surface area (Å²) in [6.07, 6.45) is 7.61. The number of nitrogens with one attached hydrogen (secondary N) is 2. The molecule has 5 heterocycles. The van der Waals surface area contributed by atoms with Gasteiger partial charge in [-0.3, -0.25) is 9.69 Å². The highest BCUT2D eigenvalue weighted by Crippen LogP contribution is 2.30. The number of nitrogens with zero attached hydrogens (tertiary/aromatic N) is 7. The van der Waals surface area contributed by atoms with Gasteiger partial charge in [-0.1, -0.05) is 0 Å². The van der Waals surface area contributed by atoms with Crippen LogP contribution in [-0.2, 0) is 14.4 Å². The van der Waals surface area contributed by atoms with Crippen LogP contribution in [0.15, 0.2) is 36.7 Å². The third-order valence-corrected chi connectivity index (χ3v) is 8.75. The van der Waals surface area contributed by atoms with E-state index in [2.05, 4.69) is 40.5 Å². The number of carbonyl (C=O) groups excluding carboxylic acids is 1. The molecule has 256 valence electrons. The Bertz CT molecular complexity index is 1700. The molecule has 1 atom stereocenters. The maximum absolute atomic E-state index is 15.1. The van der Waals surface area contributed by atoms with Crippen molar-refractivity contribution in [1.82, 2.24) is 34.9 Å². The van der Waals surface area contributed by atoms with Crippen LogP contribution >= 0.6 is 0 Å². The van der Waals surface area contributed by atoms with Crippen LogP contribution in [0.2, 0.25) is 0 Å². The maximum Gasteiger partial charge on any atom is 0.243 e. The van der Waals surface area contributed by atoms with Crippen molar-refractivity contribution in [2.45, 2.75) is 71.6 Å². The topological polar surface area (TPSA) is 123 Å². The number of aryl methyl sites for hydroxylation is 1. The molecular weight excluding hydrogens is 620 g/mol. The zero-order valence-corrected chi connectivity index (χ0v) is 27.7. The Balaban J connectivity index is 0.984. The number of carbonyl (C=O) groups is 1. The molecule has 48 heavy (non-hydrogen) atoms. The highest BCUT2D eigenvalue weighted by Gasteiger charge is 2.20. The lowest BCUT2D eigenvalue weighted by Gasteiger charge is -2.36. The molecule has 0 aliphatic carbocycles. The second kappa shape index (κ2) is 15.3. The summed E-state index contributed by atoms with van der Waals surface area (Å²) in [7, 11) is 0. The van der Waals surface area contributed by atoms with Crippen molar-refractivity contribution in [2.24, 2.45) is 0 Å². The van der Waals surface area contributed by atoms with E-state index >= 15 is 4.39 Å². The van der Waals surface area contributed by atoms with E-state index in [0.717, 1.165) is 76.7 Å². The number of piperazine rings is 1. The van der Waals surface area contributed by atoms with Crippen LogP contribution in [-0.4, -0.2) is 80.9 Å². The zero-order valence-electron chi connectivity index (χ0n) is 27.7. The predicted molar refractivity (Wildman–Crippen MR) is 179 cm³/mol. The molecular formula is C34H43F2N9O3. The van der Waals surface area contributed by atoms with E-state index in [4.69, 9.17) is 9.57 Å². The number of hydrogen-bond donors (Lipinski definition) is 2. The van der Waals surface area contributed by atoms with Gasteiger partial charge in [0, 0.05) is 57.2 Å². The number of halogens is 2. The lowest BCUT2D eigenvalue weighted by atomic mass is 10.1. The number of anilines is 3. The number of benzene rings is 1. The minimum Gasteiger partial charge on any atom is -0.368 e. The first-order valence-electron chi connectivity index (χ1n) is 16.7. The second-order valence-electron chi connectivity index (χ2n) is 12.6. The summed E-state index contributed by atoms with van der Waals surface area (Å²) in [6.45, 7) is 11.0. The SMILES string of the molecule is Cc1nc2c(F)cc(-c3nc(Nc4ccc(N5CCN(CCCCC(=O)NOC6CCCCO6)CC5)cn4)ncc3F)cc2n1C(C)C. The lowest BCUT2D eigenvalue weighted by molar-refractivity contribution is -0.200. The van der Waals surface area contributed by atoms with E-state index < -0.39 is 11.6 Å². The molecule has 4 aromatic rings. The van der Waals surface area contributed by atoms with Crippen molar-refractivity contribution in [1.29, 1.82) is 0 Å². The quantitative estimate of drug-likeness (QED) is 0.145. The highest BCUT2D eigenvalue weighted by atomic mass is 19.1. The van der Waals surface area contributed by atoms with Crippen LogP contribution in [0.3, 0.4) is 0 Å². The molecule has 14 heteroatoms. The standard InChI is InChI=1S/C34H43F2N9O3/c1-22(2)45-23(3)39-33-26(35)18-24(19-28(33)45)32-27(36)21-38-34(41-32)40-29-11-10-25(20-37-29)44-15-13-43(14-16-44)12-6-4-8-30(46)42-48-31-9-5-7-17-47-31/h10-11,18-22,31H,4-9,12-17H2,1-3H3,(H,42,46)(H,37,38,40,41). The van der Waals surface area contributed by atoms with Crippen molar-refractivity contribution in [3.8, 4) is 11.3 Å². The van der Waals surface area contributed by atoms with Gasteiger partial charge < -0.3 is 19.5 Å². The smallest absolute Gasteiger partial charge is 0.243 e. The van der Waals surface area contributed by atoms with E-state index in [0.29, 0.717) is 35.8 Å². The number of hydrogen-bond acceptors (Lipinski definition) is 10. The number of ether oxygens (including phenoxy) is 1. The maximum atomic E-state index is 15.1. The summed E-state index contributed by atoms with van der Waals surface area (Å²) in [6, 6.07) is 6.83. The summed E-state index contributed by atoms with van der Waals surface area (Å²) >= 11 is 0. The third kappa shape index (κ3) is 8.05. The van der Waals surface area contributed by atoms with Crippen molar-refractivity contribution < 1.29 is 23.1 Å². The van der Waals surface area contributed by atoms with Gasteiger partial charge in [-0.15, -0.1) is 0 Å². The second-order valence-corrected chi connectivity index (χ2v) is 12.6. The highest BCUT2D eigenvalue weighted by molar-refractivity contribution is 5.83. The summed E-state index contributed by atoms with van der Waals surface area (Å²) in [5, 5.41) is 3.04. The first-order valence-corrected chi connectivity index (χ1v) is 16.7. The molecule has 2 aliphatic rings. The summed E-state index contributed by atoms with van der Waals surface area (Å²) in [5.74, 6) is 0.0389. The Morgan fingerprint density at radius 1 is 1.04 bits per heavy atom. The van der Waals surface area contributed by atoms with Crippen molar-refractivity contribution in [3.05, 3.63) is 54.1 Å². The van der Waals surface area contributed by atoms with Crippen molar-refractivity contribution in [2.75, 3.05) is 49.5 Å². The molecule has 2 aliphatic heterocycles. The molecule has 1 aromatic carbocycles. The van der Waals surface area contributed by atoms with Gasteiger partial charge in [0.25, 0.3) is 0 Å². The normalized spacial score (nSPS) is 17.3. The largest absolute Gasteiger partial charge is 0.368 e. The van der Waals surface area contributed by atoms with Crippen LogP contribution in [0.25, 0.3) is 22.3 Å². The number of unbranched alkanes of at least 4 members (excludes halogenated alkanes) is 1. The van der Waals surface area contributed by atoms with E-state index in [1.807, 2.05) is 37.5 Å². The van der Waals surface area contributed by atoms with Gasteiger partial charge in [-0.25, -0.2) is 39.0 Å². The average Bonchev–Trinajstić information content (AvgIpc) is 3.44. The van der Waals surface area contributed by atoms with Crippen LogP contribution in [0.1, 0.15) is 64.2 Å². The number of imidazole rings is 1. The number of pyridine rings is 1. The van der Waals surface area contributed by atoms with Crippen LogP contribution in [0.5, 0.6) is 0 Å². The van der Waals surface area contributed by atoms with Gasteiger partial charge in [-0.05, 0) is 77.3 Å². The van der Waals surface area contributed by atoms with Crippen LogP contribution in [0.4, 0.5) is 26.2 Å². The van der Waals surface area contributed by atoms with Crippen molar-refractivity contribution in [3.63, 3.8) is 0 Å². The monoisotopic (exact) mass is 663 g/mol. The van der Waals surface area contributed by atoms with E-state index in [1.54, 1.807) is 12.3 Å². The molecule has 6 rings (SSSR count). The molecule has 1 unspecified atom stereocenters. The Kier molecular flexibility index (Phi) is 10.7. The summed E-state index contributed by atoms with van der Waals surface area (Å²) in [5.41, 5.74) is 4.64. The Labute approximate surface area is 278 Å².